The van der Waals surface area contributed by atoms with E-state index in [1.165, 1.54) is 57.3 Å². The SMILES string of the molecule is Fc1cccc(NC(=S)N2CCCC3=C[C@@H]4C[C@H](CN5CCCC[C@H]45)[C@@H]32)c1. The zero-order valence-corrected chi connectivity index (χ0v) is 16.6. The Bertz CT molecular complexity index is 764. The molecular formula is C22H28FN3S. The van der Waals surface area contributed by atoms with E-state index in [1.54, 1.807) is 11.6 Å². The van der Waals surface area contributed by atoms with Crippen LogP contribution in [0.5, 0.6) is 0 Å². The second-order valence-electron chi connectivity index (χ2n) is 8.64. The Hall–Kier alpha value is -1.46. The lowest BCUT2D eigenvalue weighted by Crippen LogP contribution is -2.60. The molecule has 0 radical (unpaired) electrons. The molecule has 0 saturated carbocycles. The van der Waals surface area contributed by atoms with Crippen molar-refractivity contribution < 1.29 is 4.39 Å². The molecular weight excluding hydrogens is 357 g/mol. The van der Waals surface area contributed by atoms with Crippen LogP contribution in [0, 0.1) is 17.7 Å². The lowest BCUT2D eigenvalue weighted by Gasteiger charge is -2.55. The topological polar surface area (TPSA) is 18.5 Å². The number of fused-ring (bicyclic) bond motifs is 6. The number of likely N-dealkylation sites (tertiary alicyclic amines) is 1. The molecule has 3 heterocycles. The third-order valence-electron chi connectivity index (χ3n) is 6.99. The fraction of sp³-hybridized carbons (Fsp3) is 0.591. The van der Waals surface area contributed by atoms with Gasteiger partial charge in [-0.15, -0.1) is 0 Å². The summed E-state index contributed by atoms with van der Waals surface area (Å²) in [5.74, 6) is 1.17. The second-order valence-corrected chi connectivity index (χ2v) is 9.03. The highest BCUT2D eigenvalue weighted by Crippen LogP contribution is 2.45. The third kappa shape index (κ3) is 3.29. The van der Waals surface area contributed by atoms with Crippen molar-refractivity contribution in [2.75, 3.05) is 25.0 Å². The molecule has 3 nitrogen and oxygen atoms in total. The van der Waals surface area contributed by atoms with Crippen molar-refractivity contribution >= 4 is 23.0 Å². The molecule has 2 bridgehead atoms. The van der Waals surface area contributed by atoms with Crippen LogP contribution in [0.15, 0.2) is 35.9 Å². The van der Waals surface area contributed by atoms with Crippen LogP contribution in [0.25, 0.3) is 0 Å². The summed E-state index contributed by atoms with van der Waals surface area (Å²) in [5, 5.41) is 4.04. The highest BCUT2D eigenvalue weighted by molar-refractivity contribution is 7.80. The van der Waals surface area contributed by atoms with Crippen molar-refractivity contribution in [1.29, 1.82) is 0 Å². The fourth-order valence-electron chi connectivity index (χ4n) is 5.96. The number of halogens is 1. The van der Waals surface area contributed by atoms with Gasteiger partial charge in [0.15, 0.2) is 5.11 Å². The van der Waals surface area contributed by atoms with Gasteiger partial charge >= 0.3 is 0 Å². The number of piperidine rings is 3. The number of nitrogens with one attached hydrogen (secondary N) is 1. The quantitative estimate of drug-likeness (QED) is 0.570. The van der Waals surface area contributed by atoms with Crippen molar-refractivity contribution in [2.45, 2.75) is 50.6 Å². The summed E-state index contributed by atoms with van der Waals surface area (Å²) in [4.78, 5) is 5.15. The molecule has 5 heteroatoms. The van der Waals surface area contributed by atoms with Crippen LogP contribution in [-0.2, 0) is 0 Å². The van der Waals surface area contributed by atoms with Crippen LogP contribution < -0.4 is 5.32 Å². The van der Waals surface area contributed by atoms with Gasteiger partial charge in [-0.25, -0.2) is 4.39 Å². The monoisotopic (exact) mass is 385 g/mol. The highest BCUT2D eigenvalue weighted by atomic mass is 32.1. The van der Waals surface area contributed by atoms with Gasteiger partial charge in [0.05, 0.1) is 6.04 Å². The largest absolute Gasteiger partial charge is 0.342 e. The lowest BCUT2D eigenvalue weighted by molar-refractivity contribution is 0.0132. The number of anilines is 1. The van der Waals surface area contributed by atoms with Gasteiger partial charge in [0.2, 0.25) is 0 Å². The molecule has 3 saturated heterocycles. The average molecular weight is 386 g/mol. The predicted molar refractivity (Wildman–Crippen MR) is 111 cm³/mol. The number of hydrogen-bond donors (Lipinski definition) is 1. The highest BCUT2D eigenvalue weighted by Gasteiger charge is 2.46. The number of rotatable bonds is 1. The summed E-state index contributed by atoms with van der Waals surface area (Å²) >= 11 is 5.78. The molecule has 1 N–H and O–H groups in total. The minimum atomic E-state index is -0.231. The Labute approximate surface area is 166 Å². The van der Waals surface area contributed by atoms with Gasteiger partial charge in [0, 0.05) is 24.8 Å². The average Bonchev–Trinajstić information content (AvgIpc) is 2.67. The van der Waals surface area contributed by atoms with Gasteiger partial charge in [-0.05, 0) is 80.9 Å². The van der Waals surface area contributed by atoms with E-state index in [9.17, 15) is 4.39 Å². The summed E-state index contributed by atoms with van der Waals surface area (Å²) in [6, 6.07) is 7.79. The molecule has 144 valence electrons. The van der Waals surface area contributed by atoms with Crippen LogP contribution in [0.2, 0.25) is 0 Å². The van der Waals surface area contributed by atoms with Crippen molar-refractivity contribution in [2.24, 2.45) is 11.8 Å². The smallest absolute Gasteiger partial charge is 0.173 e. The Morgan fingerprint density at radius 3 is 3.00 bits per heavy atom. The maximum atomic E-state index is 13.5. The number of hydrogen-bond acceptors (Lipinski definition) is 2. The fourth-order valence-corrected chi connectivity index (χ4v) is 6.29. The minimum Gasteiger partial charge on any atom is -0.342 e. The Balaban J connectivity index is 1.39. The summed E-state index contributed by atoms with van der Waals surface area (Å²) < 4.78 is 13.5. The van der Waals surface area contributed by atoms with Gasteiger partial charge in [0.25, 0.3) is 0 Å². The standard InChI is InChI=1S/C22H28FN3S/c23-18-6-3-7-19(13-18)24-22(27)26-10-4-5-15-11-16-12-17(21(15)26)14-25-9-2-1-8-20(16)25/h3,6-7,11,13,16-17,20-21H,1-2,4-5,8-10,12,14H2,(H,24,27)/t16-,17-,20-,21-/m1/s1. The molecule has 4 atom stereocenters. The molecule has 0 amide bonds. The molecule has 1 aromatic carbocycles. The molecule has 3 fully saturated rings. The van der Waals surface area contributed by atoms with E-state index in [0.29, 0.717) is 12.0 Å². The minimum absolute atomic E-state index is 0.231. The van der Waals surface area contributed by atoms with Crippen LogP contribution >= 0.6 is 12.2 Å². The van der Waals surface area contributed by atoms with Crippen LogP contribution in [0.4, 0.5) is 10.1 Å². The summed E-state index contributed by atoms with van der Waals surface area (Å²) in [6.45, 7) is 3.47. The van der Waals surface area contributed by atoms with E-state index in [2.05, 4.69) is 21.2 Å². The van der Waals surface area contributed by atoms with Gasteiger partial charge in [-0.3, -0.25) is 4.90 Å². The van der Waals surface area contributed by atoms with E-state index >= 15 is 0 Å². The molecule has 1 aliphatic carbocycles. The maximum absolute atomic E-state index is 13.5. The summed E-state index contributed by atoms with van der Waals surface area (Å²) in [7, 11) is 0. The lowest BCUT2D eigenvalue weighted by atomic mass is 9.68. The van der Waals surface area contributed by atoms with Crippen molar-refractivity contribution in [1.82, 2.24) is 9.80 Å². The molecule has 1 aromatic rings. The Morgan fingerprint density at radius 2 is 2.11 bits per heavy atom. The number of thiocarbonyl (C=S) groups is 1. The molecule has 0 aromatic heterocycles. The van der Waals surface area contributed by atoms with E-state index in [0.717, 1.165) is 35.7 Å². The first kappa shape index (κ1) is 17.6. The first-order valence-electron chi connectivity index (χ1n) is 10.5. The first-order valence-corrected chi connectivity index (χ1v) is 10.9. The molecule has 4 aliphatic rings. The zero-order valence-electron chi connectivity index (χ0n) is 15.7. The normalized spacial score (nSPS) is 32.9. The molecule has 27 heavy (non-hydrogen) atoms. The van der Waals surface area contributed by atoms with Crippen molar-refractivity contribution in [3.8, 4) is 0 Å². The van der Waals surface area contributed by atoms with Crippen molar-refractivity contribution in [3.63, 3.8) is 0 Å². The summed E-state index contributed by atoms with van der Waals surface area (Å²) in [5.41, 5.74) is 2.35. The van der Waals surface area contributed by atoms with Crippen LogP contribution in [0.1, 0.15) is 38.5 Å². The van der Waals surface area contributed by atoms with Crippen LogP contribution in [-0.4, -0.2) is 46.6 Å². The van der Waals surface area contributed by atoms with Crippen molar-refractivity contribution in [3.05, 3.63) is 41.7 Å². The molecule has 5 rings (SSSR count). The van der Waals surface area contributed by atoms with Crippen LogP contribution in [0.3, 0.4) is 0 Å². The summed E-state index contributed by atoms with van der Waals surface area (Å²) in [6.07, 6.45) is 10.4. The zero-order chi connectivity index (χ0) is 18.4. The number of nitrogens with zero attached hydrogens (tertiary/aromatic N) is 2. The molecule has 0 unspecified atom stereocenters. The second kappa shape index (κ2) is 7.17. The van der Waals surface area contributed by atoms with E-state index in [4.69, 9.17) is 12.2 Å². The maximum Gasteiger partial charge on any atom is 0.173 e. The first-order chi connectivity index (χ1) is 13.2. The van der Waals surface area contributed by atoms with E-state index in [1.807, 2.05) is 6.07 Å². The van der Waals surface area contributed by atoms with Gasteiger partial charge < -0.3 is 10.2 Å². The van der Waals surface area contributed by atoms with E-state index in [-0.39, 0.29) is 5.82 Å². The van der Waals surface area contributed by atoms with Gasteiger partial charge in [-0.1, -0.05) is 24.1 Å². The molecule has 0 spiro atoms. The number of benzene rings is 1. The Kier molecular flexibility index (Phi) is 4.68. The molecule has 3 aliphatic heterocycles. The van der Waals surface area contributed by atoms with Gasteiger partial charge in [0.1, 0.15) is 5.82 Å². The third-order valence-corrected chi connectivity index (χ3v) is 7.33. The Morgan fingerprint density at radius 1 is 1.19 bits per heavy atom. The predicted octanol–water partition coefficient (Wildman–Crippen LogP) is 4.42. The van der Waals surface area contributed by atoms with E-state index < -0.39 is 0 Å². The van der Waals surface area contributed by atoms with Gasteiger partial charge in [-0.2, -0.15) is 0 Å².